The summed E-state index contributed by atoms with van der Waals surface area (Å²) < 4.78 is 5.32. The third-order valence-electron chi connectivity index (χ3n) is 5.05. The largest absolute Gasteiger partial charge is 0.444 e. The highest BCUT2D eigenvalue weighted by atomic mass is 16.6. The van der Waals surface area contributed by atoms with Gasteiger partial charge < -0.3 is 14.5 Å². The first-order valence-electron chi connectivity index (χ1n) is 10.0. The van der Waals surface area contributed by atoms with Crippen LogP contribution in [0.15, 0.2) is 0 Å². The number of hydrogen-bond donors (Lipinski definition) is 1. The molecule has 2 fully saturated rings. The Morgan fingerprint density at radius 1 is 1.21 bits per heavy atom. The lowest BCUT2D eigenvalue weighted by atomic mass is 9.97. The molecule has 1 N–H and O–H groups in total. The highest BCUT2D eigenvalue weighted by Crippen LogP contribution is 2.24. The molecule has 0 bridgehead atoms. The molecule has 3 heterocycles. The molecule has 10 nitrogen and oxygen atoms in total. The molecule has 1 atom stereocenters. The maximum atomic E-state index is 12.8. The number of H-pyrrole nitrogens is 1. The van der Waals surface area contributed by atoms with Gasteiger partial charge in [-0.2, -0.15) is 5.10 Å². The number of carbonyl (C=O) groups excluding carboxylic acids is 3. The number of rotatable bonds is 3. The molecule has 3 rings (SSSR count). The summed E-state index contributed by atoms with van der Waals surface area (Å²) in [6.07, 6.45) is 1.32. The minimum absolute atomic E-state index is 0.0285. The summed E-state index contributed by atoms with van der Waals surface area (Å²) >= 11 is 0. The first-order chi connectivity index (χ1) is 13.6. The van der Waals surface area contributed by atoms with Gasteiger partial charge in [0, 0.05) is 32.1 Å². The van der Waals surface area contributed by atoms with Crippen molar-refractivity contribution in [3.63, 3.8) is 0 Å². The third kappa shape index (κ3) is 5.45. The lowest BCUT2D eigenvalue weighted by Crippen LogP contribution is -2.55. The van der Waals surface area contributed by atoms with Gasteiger partial charge >= 0.3 is 6.09 Å². The van der Waals surface area contributed by atoms with Crippen molar-refractivity contribution in [3.8, 4) is 0 Å². The van der Waals surface area contributed by atoms with Gasteiger partial charge in [-0.25, -0.2) is 9.78 Å². The zero-order chi connectivity index (χ0) is 21.2. The van der Waals surface area contributed by atoms with Gasteiger partial charge in [0.2, 0.25) is 11.8 Å². The van der Waals surface area contributed by atoms with Gasteiger partial charge in [-0.3, -0.25) is 19.6 Å². The van der Waals surface area contributed by atoms with E-state index in [1.54, 1.807) is 25.7 Å². The van der Waals surface area contributed by atoms with Crippen LogP contribution in [0.2, 0.25) is 0 Å². The second-order valence-electron chi connectivity index (χ2n) is 8.68. The van der Waals surface area contributed by atoms with Crippen LogP contribution in [0.4, 0.5) is 4.79 Å². The summed E-state index contributed by atoms with van der Waals surface area (Å²) in [7, 11) is 0. The molecule has 10 heteroatoms. The molecule has 2 aliphatic heterocycles. The fraction of sp³-hybridized carbons (Fsp3) is 0.737. The van der Waals surface area contributed by atoms with Gasteiger partial charge in [0.1, 0.15) is 18.0 Å². The summed E-state index contributed by atoms with van der Waals surface area (Å²) in [5, 5.41) is 7.07. The number of aromatic amines is 1. The highest BCUT2D eigenvalue weighted by molar-refractivity contribution is 5.88. The minimum atomic E-state index is -0.611. The number of nitrogens with zero attached hydrogens (tertiary/aromatic N) is 5. The Balaban J connectivity index is 1.52. The second-order valence-corrected chi connectivity index (χ2v) is 8.68. The predicted octanol–water partition coefficient (Wildman–Crippen LogP) is 0.898. The average Bonchev–Trinajstić information content (AvgIpc) is 3.08. The zero-order valence-corrected chi connectivity index (χ0v) is 17.6. The molecule has 1 aromatic heterocycles. The first-order valence-corrected chi connectivity index (χ1v) is 10.0. The van der Waals surface area contributed by atoms with Crippen LogP contribution in [0.3, 0.4) is 0 Å². The van der Waals surface area contributed by atoms with E-state index in [9.17, 15) is 14.4 Å². The van der Waals surface area contributed by atoms with E-state index in [0.717, 1.165) is 24.5 Å². The van der Waals surface area contributed by atoms with Crippen LogP contribution in [0, 0.1) is 6.92 Å². The van der Waals surface area contributed by atoms with Crippen molar-refractivity contribution in [2.75, 3.05) is 39.3 Å². The maximum Gasteiger partial charge on any atom is 0.410 e. The Morgan fingerprint density at radius 2 is 1.97 bits per heavy atom. The molecule has 29 heavy (non-hydrogen) atoms. The molecule has 0 radical (unpaired) electrons. The number of likely N-dealkylation sites (tertiary alicyclic amines) is 1. The Kier molecular flexibility index (Phi) is 6.09. The van der Waals surface area contributed by atoms with E-state index in [1.165, 1.54) is 9.80 Å². The monoisotopic (exact) mass is 406 g/mol. The standard InChI is InChI=1S/C19H30N6O4/c1-13-20-17(22-21-13)14-6-5-7-23(10-14)15(26)11-24-8-9-25(12-16(24)27)18(28)29-19(2,3)4/h14H,5-12H2,1-4H3,(H,20,21,22)/t14-/m0/s1. The molecule has 2 aliphatic rings. The molecule has 0 aliphatic carbocycles. The van der Waals surface area contributed by atoms with Gasteiger partial charge in [-0.05, 0) is 40.5 Å². The van der Waals surface area contributed by atoms with Crippen LogP contribution in [0.25, 0.3) is 0 Å². The summed E-state index contributed by atoms with van der Waals surface area (Å²) in [6.45, 7) is 9.07. The maximum absolute atomic E-state index is 12.8. The summed E-state index contributed by atoms with van der Waals surface area (Å²) in [5.74, 6) is 1.28. The van der Waals surface area contributed by atoms with E-state index >= 15 is 0 Å². The topological polar surface area (TPSA) is 112 Å². The number of carbonyl (C=O) groups is 3. The molecule has 160 valence electrons. The number of aryl methyl sites for hydroxylation is 1. The Hall–Kier alpha value is -2.65. The molecule has 0 spiro atoms. The number of amides is 3. The molecule has 0 aromatic carbocycles. The van der Waals surface area contributed by atoms with Gasteiger partial charge in [0.25, 0.3) is 0 Å². The third-order valence-corrected chi connectivity index (χ3v) is 5.05. The smallest absolute Gasteiger partial charge is 0.410 e. The Labute approximate surface area is 170 Å². The van der Waals surface area contributed by atoms with E-state index in [2.05, 4.69) is 15.2 Å². The number of hydrogen-bond acceptors (Lipinski definition) is 6. The number of piperazine rings is 1. The molecule has 2 saturated heterocycles. The van der Waals surface area contributed by atoms with Crippen LogP contribution >= 0.6 is 0 Å². The highest BCUT2D eigenvalue weighted by Gasteiger charge is 2.33. The van der Waals surface area contributed by atoms with Crippen molar-refractivity contribution in [1.82, 2.24) is 29.9 Å². The van der Waals surface area contributed by atoms with Gasteiger partial charge in [-0.15, -0.1) is 0 Å². The van der Waals surface area contributed by atoms with E-state index in [1.807, 2.05) is 6.92 Å². The van der Waals surface area contributed by atoms with Crippen molar-refractivity contribution >= 4 is 17.9 Å². The number of aromatic nitrogens is 3. The summed E-state index contributed by atoms with van der Waals surface area (Å²) in [5.41, 5.74) is -0.611. The van der Waals surface area contributed by atoms with Gasteiger partial charge in [0.05, 0.1) is 6.54 Å². The second kappa shape index (κ2) is 8.38. The molecule has 0 unspecified atom stereocenters. The lowest BCUT2D eigenvalue weighted by molar-refractivity contribution is -0.144. The van der Waals surface area contributed by atoms with Crippen LogP contribution < -0.4 is 0 Å². The lowest BCUT2D eigenvalue weighted by Gasteiger charge is -2.37. The Morgan fingerprint density at radius 3 is 2.59 bits per heavy atom. The van der Waals surface area contributed by atoms with Crippen LogP contribution in [0.1, 0.15) is 51.2 Å². The summed E-state index contributed by atoms with van der Waals surface area (Å²) in [6, 6.07) is 0. The molecular formula is C19H30N6O4. The van der Waals surface area contributed by atoms with Crippen molar-refractivity contribution < 1.29 is 19.1 Å². The molecule has 1 aromatic rings. The predicted molar refractivity (Wildman–Crippen MR) is 104 cm³/mol. The van der Waals surface area contributed by atoms with Crippen LogP contribution in [0.5, 0.6) is 0 Å². The fourth-order valence-electron chi connectivity index (χ4n) is 3.58. The number of nitrogens with one attached hydrogen (secondary N) is 1. The van der Waals surface area contributed by atoms with Crippen molar-refractivity contribution in [2.45, 2.75) is 52.1 Å². The van der Waals surface area contributed by atoms with Gasteiger partial charge in [0.15, 0.2) is 5.82 Å². The van der Waals surface area contributed by atoms with E-state index < -0.39 is 11.7 Å². The molecular weight excluding hydrogens is 376 g/mol. The normalized spacial score (nSPS) is 20.8. The molecule has 0 saturated carbocycles. The van der Waals surface area contributed by atoms with E-state index in [4.69, 9.17) is 4.74 Å². The average molecular weight is 406 g/mol. The van der Waals surface area contributed by atoms with E-state index in [-0.39, 0.29) is 30.8 Å². The summed E-state index contributed by atoms with van der Waals surface area (Å²) in [4.78, 5) is 46.5. The van der Waals surface area contributed by atoms with Crippen molar-refractivity contribution in [1.29, 1.82) is 0 Å². The van der Waals surface area contributed by atoms with E-state index in [0.29, 0.717) is 26.2 Å². The zero-order valence-electron chi connectivity index (χ0n) is 17.6. The van der Waals surface area contributed by atoms with Crippen LogP contribution in [-0.4, -0.2) is 92.7 Å². The van der Waals surface area contributed by atoms with Crippen LogP contribution in [-0.2, 0) is 14.3 Å². The SMILES string of the molecule is Cc1nc([C@H]2CCCN(C(=O)CN3CCN(C(=O)OC(C)(C)C)CC3=O)C2)n[nH]1. The fourth-order valence-corrected chi connectivity index (χ4v) is 3.58. The quantitative estimate of drug-likeness (QED) is 0.798. The Bertz CT molecular complexity index is 771. The number of ether oxygens (including phenoxy) is 1. The first kappa shape index (κ1) is 21.1. The van der Waals surface area contributed by atoms with Crippen molar-refractivity contribution in [2.24, 2.45) is 0 Å². The number of piperidine rings is 1. The van der Waals surface area contributed by atoms with Crippen molar-refractivity contribution in [3.05, 3.63) is 11.6 Å². The van der Waals surface area contributed by atoms with Gasteiger partial charge in [-0.1, -0.05) is 0 Å². The molecule has 3 amide bonds. The minimum Gasteiger partial charge on any atom is -0.444 e.